The molecule has 2 N–H and O–H groups in total. The van der Waals surface area contributed by atoms with E-state index in [2.05, 4.69) is 31.2 Å². The number of nitrogens with zero attached hydrogens (tertiary/aromatic N) is 1. The Labute approximate surface area is 204 Å². The molecule has 5 rings (SSSR count). The summed E-state index contributed by atoms with van der Waals surface area (Å²) in [5, 5.41) is 2.88. The minimum absolute atomic E-state index is 0.304. The van der Waals surface area contributed by atoms with Gasteiger partial charge in [-0.2, -0.15) is 0 Å². The molecule has 0 bridgehead atoms. The highest BCUT2D eigenvalue weighted by molar-refractivity contribution is 9.10. The summed E-state index contributed by atoms with van der Waals surface area (Å²) in [6, 6.07) is 24.9. The summed E-state index contributed by atoms with van der Waals surface area (Å²) in [5.41, 5.74) is 4.16. The smallest absolute Gasteiger partial charge is 0.248 e. The van der Waals surface area contributed by atoms with Crippen LogP contribution in [-0.2, 0) is 4.79 Å². The summed E-state index contributed by atoms with van der Waals surface area (Å²) in [6.07, 6.45) is 3.06. The highest BCUT2D eigenvalue weighted by Gasteiger charge is 2.11. The van der Waals surface area contributed by atoms with Crippen LogP contribution in [0.2, 0.25) is 0 Å². The lowest BCUT2D eigenvalue weighted by Gasteiger charge is -2.10. The maximum Gasteiger partial charge on any atom is 0.248 e. The number of furan rings is 1. The Balaban J connectivity index is 1.33. The monoisotopic (exact) mass is 513 g/mol. The topological polar surface area (TPSA) is 80.1 Å². The normalized spacial score (nSPS) is 11.2. The fraction of sp³-hybridized carbons (Fsp3) is 0.0370. The second-order valence-electron chi connectivity index (χ2n) is 7.55. The molecule has 3 aromatic carbocycles. The molecule has 34 heavy (non-hydrogen) atoms. The number of amides is 1. The Morgan fingerprint density at radius 3 is 2.62 bits per heavy atom. The van der Waals surface area contributed by atoms with Crippen molar-refractivity contribution in [3.05, 3.63) is 95.2 Å². The molecule has 0 aliphatic rings. The molecular weight excluding hydrogens is 494 g/mol. The van der Waals surface area contributed by atoms with Gasteiger partial charge in [-0.3, -0.25) is 4.79 Å². The molecule has 0 saturated carbocycles. The molecule has 0 unspecified atom stereocenters. The van der Waals surface area contributed by atoms with E-state index in [9.17, 15) is 4.79 Å². The van der Waals surface area contributed by atoms with Crippen molar-refractivity contribution in [1.29, 1.82) is 0 Å². The number of aromatic amines is 1. The van der Waals surface area contributed by atoms with E-state index in [1.807, 2.05) is 72.8 Å². The van der Waals surface area contributed by atoms with Gasteiger partial charge in [0.15, 0.2) is 0 Å². The Morgan fingerprint density at radius 2 is 1.82 bits per heavy atom. The maximum atomic E-state index is 12.6. The number of fused-ring (bicyclic) bond motifs is 1. The molecule has 168 valence electrons. The van der Waals surface area contributed by atoms with Crippen molar-refractivity contribution in [2.45, 2.75) is 0 Å². The number of carbonyl (C=O) groups excluding carboxylic acids is 1. The average Bonchev–Trinajstić information content (AvgIpc) is 3.50. The summed E-state index contributed by atoms with van der Waals surface area (Å²) in [4.78, 5) is 20.6. The Morgan fingerprint density at radius 1 is 1.03 bits per heavy atom. The molecule has 0 aliphatic carbocycles. The number of rotatable bonds is 6. The quantitative estimate of drug-likeness (QED) is 0.241. The second kappa shape index (κ2) is 9.41. The van der Waals surface area contributed by atoms with E-state index < -0.39 is 0 Å². The zero-order chi connectivity index (χ0) is 23.5. The number of ether oxygens (including phenoxy) is 1. The van der Waals surface area contributed by atoms with E-state index in [1.165, 1.54) is 6.08 Å². The SMILES string of the molecule is COc1ccc(-c2nc3ccccc3[nH]2)cc1NC(=O)/C=C/c1ccc(-c2ccc(Br)cc2)o1. The second-order valence-corrected chi connectivity index (χ2v) is 8.46. The first-order chi connectivity index (χ1) is 16.6. The Kier molecular flexibility index (Phi) is 6.01. The van der Waals surface area contributed by atoms with Gasteiger partial charge < -0.3 is 19.5 Å². The first-order valence-electron chi connectivity index (χ1n) is 10.6. The van der Waals surface area contributed by atoms with Crippen molar-refractivity contribution >= 4 is 44.6 Å². The molecule has 0 saturated heterocycles. The van der Waals surface area contributed by atoms with Gasteiger partial charge in [-0.15, -0.1) is 0 Å². The van der Waals surface area contributed by atoms with Gasteiger partial charge in [0.25, 0.3) is 0 Å². The molecule has 0 radical (unpaired) electrons. The van der Waals surface area contributed by atoms with Crippen molar-refractivity contribution in [3.63, 3.8) is 0 Å². The number of aromatic nitrogens is 2. The van der Waals surface area contributed by atoms with E-state index in [0.717, 1.165) is 32.4 Å². The zero-order valence-corrected chi connectivity index (χ0v) is 19.8. The first-order valence-corrected chi connectivity index (χ1v) is 11.4. The lowest BCUT2D eigenvalue weighted by atomic mass is 10.1. The zero-order valence-electron chi connectivity index (χ0n) is 18.2. The summed E-state index contributed by atoms with van der Waals surface area (Å²) >= 11 is 3.43. The minimum atomic E-state index is -0.304. The Hall–Kier alpha value is -4.10. The lowest BCUT2D eigenvalue weighted by Crippen LogP contribution is -2.09. The third-order valence-corrected chi connectivity index (χ3v) is 5.80. The van der Waals surface area contributed by atoms with Crippen LogP contribution in [0.25, 0.3) is 39.8 Å². The number of benzene rings is 3. The van der Waals surface area contributed by atoms with Gasteiger partial charge in [0, 0.05) is 21.7 Å². The van der Waals surface area contributed by atoms with Crippen molar-refractivity contribution < 1.29 is 13.9 Å². The number of para-hydroxylation sites is 2. The summed E-state index contributed by atoms with van der Waals surface area (Å²) in [5.74, 6) is 2.27. The summed E-state index contributed by atoms with van der Waals surface area (Å²) < 4.78 is 12.3. The van der Waals surface area contributed by atoms with Crippen LogP contribution in [0.5, 0.6) is 5.75 Å². The van der Waals surface area contributed by atoms with Crippen LogP contribution in [0, 0.1) is 0 Å². The number of anilines is 1. The first kappa shape index (κ1) is 21.7. The molecule has 0 spiro atoms. The minimum Gasteiger partial charge on any atom is -0.495 e. The van der Waals surface area contributed by atoms with Crippen LogP contribution in [0.4, 0.5) is 5.69 Å². The molecule has 2 heterocycles. The highest BCUT2D eigenvalue weighted by Crippen LogP contribution is 2.31. The number of nitrogens with one attached hydrogen (secondary N) is 2. The molecule has 6 nitrogen and oxygen atoms in total. The molecule has 2 aromatic heterocycles. The van der Waals surface area contributed by atoms with Gasteiger partial charge >= 0.3 is 0 Å². The van der Waals surface area contributed by atoms with E-state index in [4.69, 9.17) is 9.15 Å². The largest absolute Gasteiger partial charge is 0.495 e. The average molecular weight is 514 g/mol. The molecule has 5 aromatic rings. The maximum absolute atomic E-state index is 12.6. The van der Waals surface area contributed by atoms with Gasteiger partial charge in [0.1, 0.15) is 23.1 Å². The van der Waals surface area contributed by atoms with Crippen LogP contribution < -0.4 is 10.1 Å². The van der Waals surface area contributed by atoms with Gasteiger partial charge in [-0.25, -0.2) is 4.98 Å². The molecule has 0 aliphatic heterocycles. The van der Waals surface area contributed by atoms with Crippen molar-refractivity contribution in [2.75, 3.05) is 12.4 Å². The van der Waals surface area contributed by atoms with E-state index in [-0.39, 0.29) is 5.91 Å². The van der Waals surface area contributed by atoms with Crippen LogP contribution in [0.1, 0.15) is 5.76 Å². The third kappa shape index (κ3) is 4.65. The number of hydrogen-bond acceptors (Lipinski definition) is 4. The predicted octanol–water partition coefficient (Wildman–Crippen LogP) is 6.91. The van der Waals surface area contributed by atoms with E-state index >= 15 is 0 Å². The summed E-state index contributed by atoms with van der Waals surface area (Å²) in [6.45, 7) is 0. The van der Waals surface area contributed by atoms with Crippen LogP contribution >= 0.6 is 15.9 Å². The number of methoxy groups -OCH3 is 1. The van der Waals surface area contributed by atoms with Crippen molar-refractivity contribution in [1.82, 2.24) is 9.97 Å². The van der Waals surface area contributed by atoms with Gasteiger partial charge in [-0.05, 0) is 60.7 Å². The molecule has 0 fully saturated rings. The van der Waals surface area contributed by atoms with E-state index in [0.29, 0.717) is 23.0 Å². The molecule has 0 atom stereocenters. The molecule has 7 heteroatoms. The van der Waals surface area contributed by atoms with Crippen LogP contribution in [-0.4, -0.2) is 23.0 Å². The van der Waals surface area contributed by atoms with Crippen molar-refractivity contribution in [3.8, 4) is 28.5 Å². The standard InChI is InChI=1S/C27H20BrN3O3/c1-33-25-13-8-18(27-30-21-4-2-3-5-22(21)31-27)16-23(25)29-26(32)15-12-20-11-14-24(34-20)17-6-9-19(28)10-7-17/h2-16H,1H3,(H,29,32)(H,30,31)/b15-12+. The number of H-pyrrole nitrogens is 1. The third-order valence-electron chi connectivity index (χ3n) is 5.27. The van der Waals surface area contributed by atoms with Gasteiger partial charge in [0.05, 0.1) is 23.8 Å². The molecule has 1 amide bonds. The number of carbonyl (C=O) groups is 1. The number of halogens is 1. The highest BCUT2D eigenvalue weighted by atomic mass is 79.9. The fourth-order valence-electron chi connectivity index (χ4n) is 3.59. The van der Waals surface area contributed by atoms with Crippen LogP contribution in [0.15, 0.2) is 93.8 Å². The van der Waals surface area contributed by atoms with Gasteiger partial charge in [-0.1, -0.05) is 40.2 Å². The summed E-state index contributed by atoms with van der Waals surface area (Å²) in [7, 11) is 1.56. The van der Waals surface area contributed by atoms with Gasteiger partial charge in [0.2, 0.25) is 5.91 Å². The number of imidazole rings is 1. The fourth-order valence-corrected chi connectivity index (χ4v) is 3.85. The van der Waals surface area contributed by atoms with Crippen molar-refractivity contribution in [2.24, 2.45) is 0 Å². The van der Waals surface area contributed by atoms with E-state index in [1.54, 1.807) is 19.3 Å². The lowest BCUT2D eigenvalue weighted by molar-refractivity contribution is -0.111. The van der Waals surface area contributed by atoms with Crippen LogP contribution in [0.3, 0.4) is 0 Å². The predicted molar refractivity (Wildman–Crippen MR) is 138 cm³/mol. The Bertz CT molecular complexity index is 1470. The number of hydrogen-bond donors (Lipinski definition) is 2. The molecular formula is C27H20BrN3O3.